The second kappa shape index (κ2) is 7.95. The second-order valence-electron chi connectivity index (χ2n) is 4.97. The van der Waals surface area contributed by atoms with Crippen LogP contribution in [0.1, 0.15) is 0 Å². The Balaban J connectivity index is 1.56. The van der Waals surface area contributed by atoms with E-state index in [0.29, 0.717) is 10.0 Å². The maximum Gasteiger partial charge on any atom is 0.234 e. The lowest BCUT2D eigenvalue weighted by atomic mass is 10.1. The van der Waals surface area contributed by atoms with Crippen LogP contribution in [0.4, 0.5) is 5.69 Å². The summed E-state index contributed by atoms with van der Waals surface area (Å²) in [6.45, 7) is 0. The van der Waals surface area contributed by atoms with E-state index in [0.717, 1.165) is 16.9 Å². The first-order valence-corrected chi connectivity index (χ1v) is 8.64. The number of carbonyl (C=O) groups is 1. The normalized spacial score (nSPS) is 10.4. The molecule has 0 saturated heterocycles. The molecule has 24 heavy (non-hydrogen) atoms. The molecule has 0 aliphatic rings. The van der Waals surface area contributed by atoms with Gasteiger partial charge in [-0.15, -0.1) is 10.2 Å². The fourth-order valence-electron chi connectivity index (χ4n) is 2.03. The first kappa shape index (κ1) is 16.5. The van der Waals surface area contributed by atoms with Crippen molar-refractivity contribution in [1.29, 1.82) is 0 Å². The third kappa shape index (κ3) is 4.57. The van der Waals surface area contributed by atoms with E-state index in [2.05, 4.69) is 15.5 Å². The summed E-state index contributed by atoms with van der Waals surface area (Å²) in [6, 6.07) is 20.5. The molecule has 0 radical (unpaired) electrons. The van der Waals surface area contributed by atoms with Gasteiger partial charge in [-0.05, 0) is 36.4 Å². The molecule has 1 aromatic heterocycles. The summed E-state index contributed by atoms with van der Waals surface area (Å²) in [4.78, 5) is 11.9. The Labute approximate surface area is 149 Å². The van der Waals surface area contributed by atoms with Crippen molar-refractivity contribution in [2.75, 3.05) is 11.1 Å². The van der Waals surface area contributed by atoms with Gasteiger partial charge in [0.15, 0.2) is 0 Å². The predicted octanol–water partition coefficient (Wildman–Crippen LogP) is 4.53. The summed E-state index contributed by atoms with van der Waals surface area (Å²) in [7, 11) is 0. The van der Waals surface area contributed by atoms with Crippen LogP contribution in [0, 0.1) is 0 Å². The minimum Gasteiger partial charge on any atom is -0.325 e. The number of para-hydroxylation sites is 1. The van der Waals surface area contributed by atoms with Crippen LogP contribution in [0.15, 0.2) is 71.8 Å². The molecular weight excluding hydrogens is 342 g/mol. The minimum absolute atomic E-state index is 0.0743. The third-order valence-electron chi connectivity index (χ3n) is 3.19. The molecule has 1 N–H and O–H groups in total. The first-order valence-electron chi connectivity index (χ1n) is 7.28. The molecule has 6 heteroatoms. The van der Waals surface area contributed by atoms with Gasteiger partial charge in [-0.25, -0.2) is 0 Å². The van der Waals surface area contributed by atoms with E-state index in [4.69, 9.17) is 11.6 Å². The minimum atomic E-state index is -0.0743. The second-order valence-corrected chi connectivity index (χ2v) is 6.40. The van der Waals surface area contributed by atoms with E-state index in [1.54, 1.807) is 0 Å². The molecular formula is C18H14ClN3OS. The number of aromatic nitrogens is 2. The molecule has 0 atom stereocenters. The summed E-state index contributed by atoms with van der Waals surface area (Å²) >= 11 is 7.22. The Kier molecular flexibility index (Phi) is 5.46. The van der Waals surface area contributed by atoms with E-state index >= 15 is 0 Å². The highest BCUT2D eigenvalue weighted by Crippen LogP contribution is 2.21. The molecule has 120 valence electrons. The summed E-state index contributed by atoms with van der Waals surface area (Å²) in [6.07, 6.45) is 0. The zero-order valence-corrected chi connectivity index (χ0v) is 14.2. The highest BCUT2D eigenvalue weighted by Gasteiger charge is 2.06. The van der Waals surface area contributed by atoms with Gasteiger partial charge in [-0.3, -0.25) is 4.79 Å². The first-order chi connectivity index (χ1) is 11.7. The monoisotopic (exact) mass is 355 g/mol. The van der Waals surface area contributed by atoms with Crippen LogP contribution in [-0.4, -0.2) is 21.9 Å². The van der Waals surface area contributed by atoms with Crippen LogP contribution < -0.4 is 5.32 Å². The average molecular weight is 356 g/mol. The number of thioether (sulfide) groups is 1. The Bertz CT molecular complexity index is 808. The average Bonchev–Trinajstić information content (AvgIpc) is 2.62. The zero-order chi connectivity index (χ0) is 16.8. The fourth-order valence-corrected chi connectivity index (χ4v) is 2.77. The van der Waals surface area contributed by atoms with Crippen molar-refractivity contribution in [1.82, 2.24) is 10.2 Å². The molecule has 2 aromatic carbocycles. The zero-order valence-electron chi connectivity index (χ0n) is 12.6. The third-order valence-corrected chi connectivity index (χ3v) is 4.36. The number of nitrogens with one attached hydrogen (secondary N) is 1. The van der Waals surface area contributed by atoms with Crippen molar-refractivity contribution in [3.63, 3.8) is 0 Å². The number of nitrogens with zero attached hydrogens (tertiary/aromatic N) is 2. The molecule has 0 aliphatic carbocycles. The van der Waals surface area contributed by atoms with E-state index in [1.165, 1.54) is 11.8 Å². The smallest absolute Gasteiger partial charge is 0.234 e. The van der Waals surface area contributed by atoms with Crippen molar-refractivity contribution >= 4 is 35.0 Å². The van der Waals surface area contributed by atoms with Crippen LogP contribution in [0.3, 0.4) is 0 Å². The maximum absolute atomic E-state index is 11.9. The van der Waals surface area contributed by atoms with Gasteiger partial charge < -0.3 is 5.32 Å². The fraction of sp³-hybridized carbons (Fsp3) is 0.0556. The van der Waals surface area contributed by atoms with Crippen molar-refractivity contribution in [2.45, 2.75) is 5.03 Å². The van der Waals surface area contributed by atoms with Crippen molar-refractivity contribution < 1.29 is 4.79 Å². The maximum atomic E-state index is 11.9. The quantitative estimate of drug-likeness (QED) is 0.683. The molecule has 4 nitrogen and oxygen atoms in total. The number of carbonyl (C=O) groups excluding carboxylic acids is 1. The number of hydrogen-bond donors (Lipinski definition) is 1. The van der Waals surface area contributed by atoms with Gasteiger partial charge in [-0.2, -0.15) is 0 Å². The van der Waals surface area contributed by atoms with Crippen LogP contribution in [0.5, 0.6) is 0 Å². The highest BCUT2D eigenvalue weighted by atomic mass is 35.5. The number of benzene rings is 2. The Hall–Kier alpha value is -2.37. The summed E-state index contributed by atoms with van der Waals surface area (Å²) in [5, 5.41) is 12.6. The molecule has 3 aromatic rings. The number of anilines is 1. The lowest BCUT2D eigenvalue weighted by Gasteiger charge is -2.05. The van der Waals surface area contributed by atoms with E-state index in [1.807, 2.05) is 66.7 Å². The van der Waals surface area contributed by atoms with Crippen LogP contribution in [-0.2, 0) is 4.79 Å². The molecule has 0 fully saturated rings. The predicted molar refractivity (Wildman–Crippen MR) is 98.3 cm³/mol. The SMILES string of the molecule is O=C(CSc1ccc(-c2ccc(Cl)cc2)nn1)Nc1ccccc1. The standard InChI is InChI=1S/C18H14ClN3OS/c19-14-8-6-13(7-9-14)16-10-11-18(22-21-16)24-12-17(23)20-15-4-2-1-3-5-15/h1-11H,12H2,(H,20,23). The van der Waals surface area contributed by atoms with Gasteiger partial charge in [-0.1, -0.05) is 53.7 Å². The lowest BCUT2D eigenvalue weighted by Crippen LogP contribution is -2.13. The molecule has 1 amide bonds. The molecule has 0 spiro atoms. The van der Waals surface area contributed by atoms with Gasteiger partial charge in [0.25, 0.3) is 0 Å². The van der Waals surface area contributed by atoms with Crippen LogP contribution in [0.25, 0.3) is 11.3 Å². The molecule has 0 unspecified atom stereocenters. The highest BCUT2D eigenvalue weighted by molar-refractivity contribution is 7.99. The topological polar surface area (TPSA) is 54.9 Å². The number of rotatable bonds is 5. The largest absolute Gasteiger partial charge is 0.325 e. The van der Waals surface area contributed by atoms with Crippen molar-refractivity contribution in [3.8, 4) is 11.3 Å². The Morgan fingerprint density at radius 2 is 1.71 bits per heavy atom. The molecule has 3 rings (SSSR count). The van der Waals surface area contributed by atoms with Gasteiger partial charge >= 0.3 is 0 Å². The molecule has 0 saturated carbocycles. The summed E-state index contributed by atoms with van der Waals surface area (Å²) in [5.41, 5.74) is 2.50. The number of amides is 1. The number of hydrogen-bond acceptors (Lipinski definition) is 4. The van der Waals surface area contributed by atoms with Crippen molar-refractivity contribution in [2.24, 2.45) is 0 Å². The van der Waals surface area contributed by atoms with Crippen molar-refractivity contribution in [3.05, 3.63) is 71.8 Å². The summed E-state index contributed by atoms with van der Waals surface area (Å²) < 4.78 is 0. The molecule has 0 bridgehead atoms. The molecule has 1 heterocycles. The van der Waals surface area contributed by atoms with E-state index < -0.39 is 0 Å². The van der Waals surface area contributed by atoms with Crippen LogP contribution >= 0.6 is 23.4 Å². The van der Waals surface area contributed by atoms with Gasteiger partial charge in [0, 0.05) is 16.3 Å². The van der Waals surface area contributed by atoms with Gasteiger partial charge in [0.05, 0.1) is 11.4 Å². The van der Waals surface area contributed by atoms with E-state index in [9.17, 15) is 4.79 Å². The van der Waals surface area contributed by atoms with Gasteiger partial charge in [0.2, 0.25) is 5.91 Å². The molecule has 0 aliphatic heterocycles. The Morgan fingerprint density at radius 1 is 0.958 bits per heavy atom. The van der Waals surface area contributed by atoms with Gasteiger partial charge in [0.1, 0.15) is 5.03 Å². The van der Waals surface area contributed by atoms with Crippen LogP contribution in [0.2, 0.25) is 5.02 Å². The van der Waals surface area contributed by atoms with E-state index in [-0.39, 0.29) is 11.7 Å². The lowest BCUT2D eigenvalue weighted by molar-refractivity contribution is -0.113. The Morgan fingerprint density at radius 3 is 2.38 bits per heavy atom. The number of halogens is 1. The summed E-state index contributed by atoms with van der Waals surface area (Å²) in [5.74, 6) is 0.207.